The molecule has 0 fully saturated rings. The molecule has 4 aromatic rings. The second-order valence-corrected chi connectivity index (χ2v) is 7.08. The highest BCUT2D eigenvalue weighted by Gasteiger charge is 2.37. The van der Waals surface area contributed by atoms with Crippen LogP contribution in [-0.4, -0.2) is 20.3 Å². The summed E-state index contributed by atoms with van der Waals surface area (Å²) in [4.78, 5) is 18.5. The number of imidazole rings is 1. The smallest absolute Gasteiger partial charge is 0.366 e. The standard InChI is InChI=1S/C23H12F6N4O/c24-22(25,26)16-8-6-14(7-9-16)18-12-33-17(11-31-21(33)19(32-18)23(27,28)29)10-3-13-1-4-15(5-2-13)20(30)34/h1-2,4-9,11-12H,(H2,30,34). The number of nitrogens with two attached hydrogens (primary N) is 1. The van der Waals surface area contributed by atoms with E-state index in [1.165, 1.54) is 30.5 Å². The molecule has 0 spiro atoms. The van der Waals surface area contributed by atoms with Gasteiger partial charge in [-0.15, -0.1) is 0 Å². The Hall–Kier alpha value is -4.33. The summed E-state index contributed by atoms with van der Waals surface area (Å²) in [5.74, 6) is 4.85. The highest BCUT2D eigenvalue weighted by molar-refractivity contribution is 5.92. The number of carbonyl (C=O) groups excluding carboxylic acids is 1. The summed E-state index contributed by atoms with van der Waals surface area (Å²) >= 11 is 0. The lowest BCUT2D eigenvalue weighted by molar-refractivity contribution is -0.140. The number of benzene rings is 2. The number of hydrogen-bond acceptors (Lipinski definition) is 3. The van der Waals surface area contributed by atoms with Crippen LogP contribution in [0.1, 0.15) is 32.9 Å². The summed E-state index contributed by atoms with van der Waals surface area (Å²) < 4.78 is 80.6. The van der Waals surface area contributed by atoms with Crippen molar-refractivity contribution in [2.75, 3.05) is 0 Å². The van der Waals surface area contributed by atoms with Gasteiger partial charge in [-0.3, -0.25) is 9.20 Å². The van der Waals surface area contributed by atoms with Crippen LogP contribution in [0.25, 0.3) is 16.9 Å². The van der Waals surface area contributed by atoms with Crippen molar-refractivity contribution < 1.29 is 31.1 Å². The number of nitrogens with zero attached hydrogens (tertiary/aromatic N) is 3. The van der Waals surface area contributed by atoms with E-state index in [-0.39, 0.29) is 22.5 Å². The number of aromatic nitrogens is 3. The SMILES string of the molecule is NC(=O)c1ccc(C#Cc2cnc3c(C(F)(F)F)nc(-c4ccc(C(F)(F)F)cc4)cn23)cc1. The number of fused-ring (bicyclic) bond motifs is 1. The molecule has 2 aromatic carbocycles. The molecule has 0 bridgehead atoms. The number of carbonyl (C=O) groups is 1. The van der Waals surface area contributed by atoms with Crippen LogP contribution in [0.15, 0.2) is 60.9 Å². The van der Waals surface area contributed by atoms with Gasteiger partial charge in [0.15, 0.2) is 11.3 Å². The zero-order valence-electron chi connectivity index (χ0n) is 16.9. The van der Waals surface area contributed by atoms with Crippen molar-refractivity contribution in [3.63, 3.8) is 0 Å². The molecule has 0 saturated carbocycles. The zero-order chi connectivity index (χ0) is 24.7. The minimum atomic E-state index is -4.87. The van der Waals surface area contributed by atoms with Crippen LogP contribution in [0.2, 0.25) is 0 Å². The number of amides is 1. The molecular weight excluding hydrogens is 462 g/mol. The summed E-state index contributed by atoms with van der Waals surface area (Å²) in [6, 6.07) is 9.56. The van der Waals surface area contributed by atoms with E-state index in [0.717, 1.165) is 34.9 Å². The molecule has 4 rings (SSSR count). The summed E-state index contributed by atoms with van der Waals surface area (Å²) in [5, 5.41) is 0. The molecular formula is C23H12F6N4O. The largest absolute Gasteiger partial charge is 0.437 e. The van der Waals surface area contributed by atoms with Gasteiger partial charge >= 0.3 is 12.4 Å². The van der Waals surface area contributed by atoms with Crippen LogP contribution in [0, 0.1) is 11.8 Å². The Kier molecular flexibility index (Phi) is 5.53. The van der Waals surface area contributed by atoms with Gasteiger partial charge in [0.05, 0.1) is 17.5 Å². The fourth-order valence-electron chi connectivity index (χ4n) is 3.09. The van der Waals surface area contributed by atoms with Crippen molar-refractivity contribution in [2.24, 2.45) is 5.73 Å². The molecule has 0 atom stereocenters. The van der Waals surface area contributed by atoms with E-state index >= 15 is 0 Å². The average Bonchev–Trinajstić information content (AvgIpc) is 3.19. The van der Waals surface area contributed by atoms with E-state index in [9.17, 15) is 31.1 Å². The molecule has 0 saturated heterocycles. The first-order chi connectivity index (χ1) is 15.9. The Morgan fingerprint density at radius 1 is 0.882 bits per heavy atom. The highest BCUT2D eigenvalue weighted by atomic mass is 19.4. The number of hydrogen-bond donors (Lipinski definition) is 1. The number of alkyl halides is 6. The first-order valence-corrected chi connectivity index (χ1v) is 9.48. The fraction of sp³-hybridized carbons (Fsp3) is 0.0870. The Morgan fingerprint density at radius 2 is 1.53 bits per heavy atom. The third-order valence-electron chi connectivity index (χ3n) is 4.77. The van der Waals surface area contributed by atoms with Crippen molar-refractivity contribution in [3.05, 3.63) is 89.0 Å². The summed E-state index contributed by atoms with van der Waals surface area (Å²) in [6.07, 6.45) is -7.10. The van der Waals surface area contributed by atoms with E-state index in [2.05, 4.69) is 21.8 Å². The van der Waals surface area contributed by atoms with Crippen molar-refractivity contribution in [1.82, 2.24) is 14.4 Å². The highest BCUT2D eigenvalue weighted by Crippen LogP contribution is 2.34. The van der Waals surface area contributed by atoms with Crippen molar-refractivity contribution in [1.29, 1.82) is 0 Å². The van der Waals surface area contributed by atoms with Gasteiger partial charge in [-0.2, -0.15) is 26.3 Å². The Balaban J connectivity index is 1.81. The molecule has 5 nitrogen and oxygen atoms in total. The molecule has 34 heavy (non-hydrogen) atoms. The lowest BCUT2D eigenvalue weighted by Crippen LogP contribution is -2.12. The minimum Gasteiger partial charge on any atom is -0.366 e. The third kappa shape index (κ3) is 4.56. The second kappa shape index (κ2) is 8.22. The normalized spacial score (nSPS) is 11.8. The van der Waals surface area contributed by atoms with Crippen LogP contribution in [0.4, 0.5) is 26.3 Å². The fourth-order valence-corrected chi connectivity index (χ4v) is 3.09. The maximum absolute atomic E-state index is 13.7. The maximum Gasteiger partial charge on any atom is 0.437 e. The predicted octanol–water partition coefficient (Wildman–Crippen LogP) is 4.93. The van der Waals surface area contributed by atoms with Crippen LogP contribution < -0.4 is 5.73 Å². The quantitative estimate of drug-likeness (QED) is 0.331. The molecule has 0 radical (unpaired) electrons. The second-order valence-electron chi connectivity index (χ2n) is 7.08. The van der Waals surface area contributed by atoms with E-state index in [1.54, 1.807) is 0 Å². The first-order valence-electron chi connectivity index (χ1n) is 9.48. The monoisotopic (exact) mass is 474 g/mol. The third-order valence-corrected chi connectivity index (χ3v) is 4.77. The van der Waals surface area contributed by atoms with Gasteiger partial charge in [0, 0.05) is 22.9 Å². The molecule has 0 aliphatic heterocycles. The van der Waals surface area contributed by atoms with E-state index in [1.807, 2.05) is 0 Å². The molecule has 1 amide bonds. The van der Waals surface area contributed by atoms with Crippen molar-refractivity contribution >= 4 is 11.6 Å². The van der Waals surface area contributed by atoms with Crippen molar-refractivity contribution in [2.45, 2.75) is 12.4 Å². The summed E-state index contributed by atoms with van der Waals surface area (Å²) in [7, 11) is 0. The minimum absolute atomic E-state index is 0.0510. The number of primary amides is 1. The zero-order valence-corrected chi connectivity index (χ0v) is 16.9. The van der Waals surface area contributed by atoms with Crippen LogP contribution in [-0.2, 0) is 12.4 Å². The van der Waals surface area contributed by atoms with E-state index < -0.39 is 35.2 Å². The van der Waals surface area contributed by atoms with Gasteiger partial charge in [0.2, 0.25) is 5.91 Å². The van der Waals surface area contributed by atoms with Gasteiger partial charge in [-0.25, -0.2) is 9.97 Å². The van der Waals surface area contributed by atoms with Crippen LogP contribution in [0.5, 0.6) is 0 Å². The molecule has 172 valence electrons. The van der Waals surface area contributed by atoms with Gasteiger partial charge in [0.1, 0.15) is 5.69 Å². The summed E-state index contributed by atoms with van der Waals surface area (Å²) in [6.45, 7) is 0. The van der Waals surface area contributed by atoms with Gasteiger partial charge in [-0.05, 0) is 42.3 Å². The molecule has 2 N–H and O–H groups in total. The topological polar surface area (TPSA) is 73.3 Å². The Labute approximate surface area is 187 Å². The van der Waals surface area contributed by atoms with Crippen molar-refractivity contribution in [3.8, 4) is 23.1 Å². The maximum atomic E-state index is 13.7. The summed E-state index contributed by atoms with van der Waals surface area (Å²) in [5.41, 5.74) is 3.10. The van der Waals surface area contributed by atoms with Gasteiger partial charge in [0.25, 0.3) is 0 Å². The predicted molar refractivity (Wildman–Crippen MR) is 109 cm³/mol. The molecule has 0 unspecified atom stereocenters. The molecule has 2 heterocycles. The van der Waals surface area contributed by atoms with Gasteiger partial charge in [-0.1, -0.05) is 18.1 Å². The molecule has 11 heteroatoms. The Bertz CT molecular complexity index is 1440. The Morgan fingerprint density at radius 3 is 2.09 bits per heavy atom. The first kappa shape index (κ1) is 22.8. The number of halogens is 6. The average molecular weight is 474 g/mol. The van der Waals surface area contributed by atoms with Crippen LogP contribution in [0.3, 0.4) is 0 Å². The van der Waals surface area contributed by atoms with E-state index in [0.29, 0.717) is 5.56 Å². The van der Waals surface area contributed by atoms with Gasteiger partial charge < -0.3 is 5.73 Å². The van der Waals surface area contributed by atoms with E-state index in [4.69, 9.17) is 5.73 Å². The number of rotatable bonds is 2. The molecule has 0 aliphatic carbocycles. The lowest BCUT2D eigenvalue weighted by atomic mass is 10.1. The lowest BCUT2D eigenvalue weighted by Gasteiger charge is -2.11. The molecule has 2 aromatic heterocycles. The molecule has 0 aliphatic rings. The van der Waals surface area contributed by atoms with Crippen LogP contribution >= 0.6 is 0 Å².